The monoisotopic (exact) mass is 452 g/mol. The van der Waals surface area contributed by atoms with Crippen LogP contribution in [0.4, 0.5) is 5.69 Å². The molecule has 0 unspecified atom stereocenters. The Labute approximate surface area is 190 Å². The fraction of sp³-hybridized carbons (Fsp3) is 0.304. The maximum Gasteiger partial charge on any atom is 0.311 e. The molecule has 0 saturated carbocycles. The number of benzene rings is 2. The number of carbonyl (C=O) groups is 1. The molecule has 4 rings (SSSR count). The third-order valence-corrected chi connectivity index (χ3v) is 6.26. The Hall–Kier alpha value is -3.30. The first-order valence-corrected chi connectivity index (χ1v) is 11.4. The molecule has 3 aromatic rings. The number of hydrogen-bond donors (Lipinski definition) is 0. The maximum absolute atomic E-state index is 12.9. The van der Waals surface area contributed by atoms with Crippen molar-refractivity contribution in [2.75, 3.05) is 32.8 Å². The summed E-state index contributed by atoms with van der Waals surface area (Å²) in [6.07, 6.45) is 0. The van der Waals surface area contributed by atoms with E-state index in [0.717, 1.165) is 35.9 Å². The first-order valence-electron chi connectivity index (χ1n) is 10.5. The van der Waals surface area contributed by atoms with Crippen LogP contribution in [0.25, 0.3) is 10.6 Å². The van der Waals surface area contributed by atoms with Gasteiger partial charge in [0.2, 0.25) is 0 Å². The van der Waals surface area contributed by atoms with E-state index in [2.05, 4.69) is 22.4 Å². The molecule has 0 bridgehead atoms. The van der Waals surface area contributed by atoms with Crippen molar-refractivity contribution >= 4 is 22.9 Å². The molecule has 1 aromatic heterocycles. The summed E-state index contributed by atoms with van der Waals surface area (Å²) in [7, 11) is 0. The number of aromatic nitrogens is 1. The third kappa shape index (κ3) is 4.95. The molecular formula is C23H24N4O4S. The van der Waals surface area contributed by atoms with Crippen molar-refractivity contribution < 1.29 is 14.5 Å². The van der Waals surface area contributed by atoms with Gasteiger partial charge in [0.05, 0.1) is 17.2 Å². The van der Waals surface area contributed by atoms with E-state index in [4.69, 9.17) is 9.72 Å². The molecule has 0 aliphatic carbocycles. The summed E-state index contributed by atoms with van der Waals surface area (Å²) in [5.74, 6) is -0.0205. The van der Waals surface area contributed by atoms with Crippen molar-refractivity contribution in [1.82, 2.24) is 14.8 Å². The molecule has 8 nitrogen and oxygen atoms in total. The Morgan fingerprint density at radius 1 is 1.16 bits per heavy atom. The molecule has 0 N–H and O–H groups in total. The van der Waals surface area contributed by atoms with Gasteiger partial charge in [-0.3, -0.25) is 19.8 Å². The second-order valence-electron chi connectivity index (χ2n) is 7.45. The fourth-order valence-electron chi connectivity index (χ4n) is 3.68. The molecule has 1 saturated heterocycles. The van der Waals surface area contributed by atoms with Crippen LogP contribution in [-0.2, 0) is 6.54 Å². The highest BCUT2D eigenvalue weighted by Crippen LogP contribution is 2.29. The van der Waals surface area contributed by atoms with Crippen LogP contribution in [0.5, 0.6) is 5.75 Å². The highest BCUT2D eigenvalue weighted by molar-refractivity contribution is 7.13. The molecule has 1 aliphatic heterocycles. The van der Waals surface area contributed by atoms with Gasteiger partial charge in [0, 0.05) is 55.3 Å². The number of piperazine rings is 1. The molecule has 0 spiro atoms. The van der Waals surface area contributed by atoms with E-state index in [1.165, 1.54) is 12.1 Å². The molecule has 0 radical (unpaired) electrons. The Kier molecular flexibility index (Phi) is 6.77. The second-order valence-corrected chi connectivity index (χ2v) is 8.31. The van der Waals surface area contributed by atoms with Gasteiger partial charge in [-0.15, -0.1) is 11.3 Å². The zero-order valence-electron chi connectivity index (χ0n) is 17.8. The van der Waals surface area contributed by atoms with Crippen molar-refractivity contribution in [3.05, 3.63) is 75.3 Å². The van der Waals surface area contributed by atoms with E-state index in [0.29, 0.717) is 25.3 Å². The van der Waals surface area contributed by atoms with Crippen LogP contribution in [0.3, 0.4) is 0 Å². The largest absolute Gasteiger partial charge is 0.487 e. The number of hydrogen-bond acceptors (Lipinski definition) is 7. The Morgan fingerprint density at radius 2 is 1.91 bits per heavy atom. The smallest absolute Gasteiger partial charge is 0.311 e. The lowest BCUT2D eigenvalue weighted by atomic mass is 10.1. The summed E-state index contributed by atoms with van der Waals surface area (Å²) < 4.78 is 5.30. The maximum atomic E-state index is 12.9. The van der Waals surface area contributed by atoms with Gasteiger partial charge in [-0.25, -0.2) is 4.98 Å². The number of nitro groups is 1. The highest BCUT2D eigenvalue weighted by atomic mass is 32.1. The summed E-state index contributed by atoms with van der Waals surface area (Å²) >= 11 is 1.63. The predicted molar refractivity (Wildman–Crippen MR) is 123 cm³/mol. The van der Waals surface area contributed by atoms with Gasteiger partial charge >= 0.3 is 5.69 Å². The summed E-state index contributed by atoms with van der Waals surface area (Å²) in [5.41, 5.74) is 2.26. The Balaban J connectivity index is 1.36. The van der Waals surface area contributed by atoms with Gasteiger partial charge in [-0.05, 0) is 19.1 Å². The van der Waals surface area contributed by atoms with Crippen molar-refractivity contribution in [2.24, 2.45) is 0 Å². The van der Waals surface area contributed by atoms with Gasteiger partial charge in [-0.1, -0.05) is 30.3 Å². The summed E-state index contributed by atoms with van der Waals surface area (Å²) in [6, 6.07) is 14.5. The van der Waals surface area contributed by atoms with Crippen molar-refractivity contribution in [3.8, 4) is 16.3 Å². The Morgan fingerprint density at radius 3 is 2.59 bits per heavy atom. The SMILES string of the molecule is CCOc1ccc(C(=O)N2CCN(Cc3csc(-c4ccccc4)n3)CC2)cc1[N+](=O)[O-]. The van der Waals surface area contributed by atoms with E-state index in [1.807, 2.05) is 18.2 Å². The molecule has 2 heterocycles. The molecular weight excluding hydrogens is 428 g/mol. The van der Waals surface area contributed by atoms with E-state index in [-0.39, 0.29) is 17.3 Å². The van der Waals surface area contributed by atoms with Crippen LogP contribution in [0.1, 0.15) is 23.0 Å². The zero-order chi connectivity index (χ0) is 22.5. The van der Waals surface area contributed by atoms with Gasteiger partial charge < -0.3 is 9.64 Å². The van der Waals surface area contributed by atoms with E-state index in [9.17, 15) is 14.9 Å². The molecule has 32 heavy (non-hydrogen) atoms. The molecule has 1 fully saturated rings. The number of nitro benzene ring substituents is 1. The molecule has 1 amide bonds. The standard InChI is InChI=1S/C23H24N4O4S/c1-2-31-21-9-8-18(14-20(21)27(29)30)23(28)26-12-10-25(11-13-26)15-19-16-32-22(24-19)17-6-4-3-5-7-17/h3-9,14,16H,2,10-13,15H2,1H3. The first-order chi connectivity index (χ1) is 15.5. The molecule has 166 valence electrons. The number of ether oxygens (including phenoxy) is 1. The zero-order valence-corrected chi connectivity index (χ0v) is 18.6. The molecule has 2 aromatic carbocycles. The molecule has 0 atom stereocenters. The number of rotatable bonds is 7. The Bertz CT molecular complexity index is 1090. The predicted octanol–water partition coefficient (Wildman–Crippen LogP) is 4.08. The van der Waals surface area contributed by atoms with Gasteiger partial charge in [0.25, 0.3) is 5.91 Å². The molecule has 9 heteroatoms. The fourth-order valence-corrected chi connectivity index (χ4v) is 4.50. The third-order valence-electron chi connectivity index (χ3n) is 5.32. The summed E-state index contributed by atoms with van der Waals surface area (Å²) in [4.78, 5) is 32.5. The first kappa shape index (κ1) is 21.9. The van der Waals surface area contributed by atoms with Crippen molar-refractivity contribution in [1.29, 1.82) is 0 Å². The van der Waals surface area contributed by atoms with Gasteiger partial charge in [0.15, 0.2) is 5.75 Å². The minimum absolute atomic E-state index is 0.178. The number of thiazole rings is 1. The average molecular weight is 453 g/mol. The second kappa shape index (κ2) is 9.88. The topological polar surface area (TPSA) is 88.8 Å². The van der Waals surface area contributed by atoms with Crippen molar-refractivity contribution in [3.63, 3.8) is 0 Å². The quantitative estimate of drug-likeness (QED) is 0.397. The normalized spacial score (nSPS) is 14.3. The van der Waals surface area contributed by atoms with E-state index >= 15 is 0 Å². The highest BCUT2D eigenvalue weighted by Gasteiger charge is 2.25. The lowest BCUT2D eigenvalue weighted by Crippen LogP contribution is -2.48. The number of amides is 1. The summed E-state index contributed by atoms with van der Waals surface area (Å²) in [6.45, 7) is 5.40. The molecule has 1 aliphatic rings. The van der Waals surface area contributed by atoms with Crippen LogP contribution in [-0.4, -0.2) is 58.4 Å². The lowest BCUT2D eigenvalue weighted by Gasteiger charge is -2.34. The minimum atomic E-state index is -0.517. The van der Waals surface area contributed by atoms with Crippen LogP contribution in [0.15, 0.2) is 53.9 Å². The van der Waals surface area contributed by atoms with E-state index in [1.54, 1.807) is 29.2 Å². The lowest BCUT2D eigenvalue weighted by molar-refractivity contribution is -0.385. The van der Waals surface area contributed by atoms with Gasteiger partial charge in [0.1, 0.15) is 5.01 Å². The van der Waals surface area contributed by atoms with Gasteiger partial charge in [-0.2, -0.15) is 0 Å². The minimum Gasteiger partial charge on any atom is -0.487 e. The number of nitrogens with zero attached hydrogens (tertiary/aromatic N) is 4. The van der Waals surface area contributed by atoms with Crippen LogP contribution in [0.2, 0.25) is 0 Å². The van der Waals surface area contributed by atoms with Crippen LogP contribution < -0.4 is 4.74 Å². The summed E-state index contributed by atoms with van der Waals surface area (Å²) in [5, 5.41) is 14.4. The number of carbonyl (C=O) groups excluding carboxylic acids is 1. The van der Waals surface area contributed by atoms with E-state index < -0.39 is 4.92 Å². The van der Waals surface area contributed by atoms with Crippen LogP contribution >= 0.6 is 11.3 Å². The average Bonchev–Trinajstić information content (AvgIpc) is 3.28. The van der Waals surface area contributed by atoms with Crippen LogP contribution in [0, 0.1) is 10.1 Å². The van der Waals surface area contributed by atoms with Crippen molar-refractivity contribution in [2.45, 2.75) is 13.5 Å².